The number of aromatic nitrogens is 2. The number of nitrogens with zero attached hydrogens (tertiary/aromatic N) is 3. The molecular weight excluding hydrogens is 276 g/mol. The van der Waals surface area contributed by atoms with Gasteiger partial charge in [0, 0.05) is 24.0 Å². The minimum absolute atomic E-state index is 0.324. The Labute approximate surface area is 128 Å². The molecule has 5 nitrogen and oxygen atoms in total. The molecule has 0 amide bonds. The molecule has 1 aliphatic rings. The van der Waals surface area contributed by atoms with Gasteiger partial charge in [0.1, 0.15) is 11.6 Å². The SMILES string of the molecule is Nc1nc(N2CCCCC2)c2ccc(-c3ccco3)cc2n1. The molecule has 0 bridgehead atoms. The second-order valence-corrected chi connectivity index (χ2v) is 5.66. The van der Waals surface area contributed by atoms with Crippen LogP contribution in [0.3, 0.4) is 0 Å². The van der Waals surface area contributed by atoms with Gasteiger partial charge in [-0.2, -0.15) is 4.98 Å². The van der Waals surface area contributed by atoms with Crippen LogP contribution >= 0.6 is 0 Å². The molecule has 0 spiro atoms. The highest BCUT2D eigenvalue weighted by Gasteiger charge is 2.17. The summed E-state index contributed by atoms with van der Waals surface area (Å²) in [4.78, 5) is 11.2. The van der Waals surface area contributed by atoms with Gasteiger partial charge in [0.25, 0.3) is 0 Å². The second-order valence-electron chi connectivity index (χ2n) is 5.66. The lowest BCUT2D eigenvalue weighted by atomic mass is 10.1. The molecule has 22 heavy (non-hydrogen) atoms. The normalized spacial score (nSPS) is 15.4. The molecule has 0 atom stereocenters. The standard InChI is InChI=1S/C17H18N4O/c18-17-19-14-11-12(15-5-4-10-22-15)6-7-13(14)16(20-17)21-8-2-1-3-9-21/h4-7,10-11H,1-3,8-9H2,(H2,18,19,20). The third kappa shape index (κ3) is 2.28. The van der Waals surface area contributed by atoms with Crippen LogP contribution < -0.4 is 10.6 Å². The number of hydrogen-bond donors (Lipinski definition) is 1. The molecule has 3 aromatic rings. The molecule has 4 rings (SSSR count). The maximum atomic E-state index is 5.93. The summed E-state index contributed by atoms with van der Waals surface area (Å²) >= 11 is 0. The van der Waals surface area contributed by atoms with Crippen molar-refractivity contribution in [2.45, 2.75) is 19.3 Å². The molecule has 1 aliphatic heterocycles. The van der Waals surface area contributed by atoms with Crippen molar-refractivity contribution >= 4 is 22.7 Å². The highest BCUT2D eigenvalue weighted by atomic mass is 16.3. The van der Waals surface area contributed by atoms with Crippen molar-refractivity contribution in [3.63, 3.8) is 0 Å². The largest absolute Gasteiger partial charge is 0.464 e. The highest BCUT2D eigenvalue weighted by Crippen LogP contribution is 2.30. The first-order valence-electron chi connectivity index (χ1n) is 7.67. The number of furan rings is 1. The average Bonchev–Trinajstić information content (AvgIpc) is 3.09. The van der Waals surface area contributed by atoms with Crippen molar-refractivity contribution < 1.29 is 4.42 Å². The zero-order valence-corrected chi connectivity index (χ0v) is 12.3. The number of anilines is 2. The summed E-state index contributed by atoms with van der Waals surface area (Å²) in [7, 11) is 0. The quantitative estimate of drug-likeness (QED) is 0.784. The van der Waals surface area contributed by atoms with E-state index in [2.05, 4.69) is 20.9 Å². The van der Waals surface area contributed by atoms with E-state index in [-0.39, 0.29) is 0 Å². The maximum absolute atomic E-state index is 5.93. The van der Waals surface area contributed by atoms with E-state index in [1.54, 1.807) is 6.26 Å². The Hall–Kier alpha value is -2.56. The fourth-order valence-electron chi connectivity index (χ4n) is 3.07. The smallest absolute Gasteiger partial charge is 0.222 e. The van der Waals surface area contributed by atoms with Gasteiger partial charge in [-0.3, -0.25) is 0 Å². The van der Waals surface area contributed by atoms with Gasteiger partial charge < -0.3 is 15.1 Å². The summed E-state index contributed by atoms with van der Waals surface area (Å²) in [6.07, 6.45) is 5.37. The van der Waals surface area contributed by atoms with Crippen molar-refractivity contribution in [2.24, 2.45) is 0 Å². The lowest BCUT2D eigenvalue weighted by Gasteiger charge is -2.28. The summed E-state index contributed by atoms with van der Waals surface area (Å²) in [5.41, 5.74) is 7.79. The molecule has 0 radical (unpaired) electrons. The van der Waals surface area contributed by atoms with Crippen LogP contribution in [0.2, 0.25) is 0 Å². The minimum atomic E-state index is 0.324. The Balaban J connectivity index is 1.84. The lowest BCUT2D eigenvalue weighted by molar-refractivity contribution is 0.575. The molecule has 1 fully saturated rings. The summed E-state index contributed by atoms with van der Waals surface area (Å²) in [5.74, 6) is 2.11. The fourth-order valence-corrected chi connectivity index (χ4v) is 3.07. The van der Waals surface area contributed by atoms with E-state index in [4.69, 9.17) is 10.2 Å². The van der Waals surface area contributed by atoms with Crippen LogP contribution in [0.1, 0.15) is 19.3 Å². The van der Waals surface area contributed by atoms with Crippen molar-refractivity contribution in [1.82, 2.24) is 9.97 Å². The molecular formula is C17H18N4O. The predicted molar refractivity (Wildman–Crippen MR) is 87.7 cm³/mol. The lowest BCUT2D eigenvalue weighted by Crippen LogP contribution is -2.30. The first-order chi connectivity index (χ1) is 10.8. The molecule has 2 N–H and O–H groups in total. The number of fused-ring (bicyclic) bond motifs is 1. The number of benzene rings is 1. The van der Waals surface area contributed by atoms with Crippen molar-refractivity contribution in [1.29, 1.82) is 0 Å². The topological polar surface area (TPSA) is 68.2 Å². The summed E-state index contributed by atoms with van der Waals surface area (Å²) < 4.78 is 5.46. The highest BCUT2D eigenvalue weighted by molar-refractivity contribution is 5.93. The Morgan fingerprint density at radius 3 is 2.68 bits per heavy atom. The van der Waals surface area contributed by atoms with E-state index >= 15 is 0 Å². The zero-order chi connectivity index (χ0) is 14.9. The van der Waals surface area contributed by atoms with Gasteiger partial charge >= 0.3 is 0 Å². The van der Waals surface area contributed by atoms with Gasteiger partial charge in [-0.15, -0.1) is 0 Å². The minimum Gasteiger partial charge on any atom is -0.464 e. The van der Waals surface area contributed by atoms with E-state index < -0.39 is 0 Å². The van der Waals surface area contributed by atoms with E-state index in [9.17, 15) is 0 Å². The van der Waals surface area contributed by atoms with E-state index in [1.165, 1.54) is 19.3 Å². The van der Waals surface area contributed by atoms with Gasteiger partial charge in [-0.25, -0.2) is 4.98 Å². The number of nitrogen functional groups attached to an aromatic ring is 1. The van der Waals surface area contributed by atoms with Crippen LogP contribution in [0.15, 0.2) is 41.0 Å². The number of hydrogen-bond acceptors (Lipinski definition) is 5. The maximum Gasteiger partial charge on any atom is 0.222 e. The molecule has 1 saturated heterocycles. The Morgan fingerprint density at radius 2 is 1.91 bits per heavy atom. The van der Waals surface area contributed by atoms with Crippen molar-refractivity contribution in [2.75, 3.05) is 23.7 Å². The molecule has 0 aliphatic carbocycles. The second kappa shape index (κ2) is 5.33. The average molecular weight is 294 g/mol. The van der Waals surface area contributed by atoms with Crippen molar-refractivity contribution in [3.8, 4) is 11.3 Å². The first kappa shape index (κ1) is 13.1. The summed E-state index contributed by atoms with van der Waals surface area (Å²) in [6, 6.07) is 9.95. The van der Waals surface area contributed by atoms with Gasteiger partial charge in [-0.1, -0.05) is 6.07 Å². The third-order valence-corrected chi connectivity index (χ3v) is 4.16. The molecule has 0 saturated carbocycles. The Kier molecular flexibility index (Phi) is 3.18. The Morgan fingerprint density at radius 1 is 1.05 bits per heavy atom. The predicted octanol–water partition coefficient (Wildman–Crippen LogP) is 3.46. The summed E-state index contributed by atoms with van der Waals surface area (Å²) in [6.45, 7) is 2.07. The van der Waals surface area contributed by atoms with Crippen LogP contribution in [0.4, 0.5) is 11.8 Å². The molecule has 3 heterocycles. The number of rotatable bonds is 2. The number of piperidine rings is 1. The van der Waals surface area contributed by atoms with Gasteiger partial charge in [-0.05, 0) is 43.5 Å². The van der Waals surface area contributed by atoms with Crippen LogP contribution in [-0.4, -0.2) is 23.1 Å². The van der Waals surface area contributed by atoms with Crippen LogP contribution in [0, 0.1) is 0 Å². The van der Waals surface area contributed by atoms with Gasteiger partial charge in [0.05, 0.1) is 11.8 Å². The number of nitrogens with two attached hydrogens (primary N) is 1. The zero-order valence-electron chi connectivity index (χ0n) is 12.3. The van der Waals surface area contributed by atoms with E-state index in [0.717, 1.165) is 41.1 Å². The van der Waals surface area contributed by atoms with E-state index in [1.807, 2.05) is 24.3 Å². The first-order valence-corrected chi connectivity index (χ1v) is 7.67. The molecule has 112 valence electrons. The van der Waals surface area contributed by atoms with Crippen LogP contribution in [-0.2, 0) is 0 Å². The molecule has 0 unspecified atom stereocenters. The molecule has 5 heteroatoms. The third-order valence-electron chi connectivity index (χ3n) is 4.16. The summed E-state index contributed by atoms with van der Waals surface area (Å²) in [5, 5.41) is 1.05. The monoisotopic (exact) mass is 294 g/mol. The van der Waals surface area contributed by atoms with Gasteiger partial charge in [0.15, 0.2) is 0 Å². The molecule has 2 aromatic heterocycles. The molecule has 1 aromatic carbocycles. The van der Waals surface area contributed by atoms with Crippen molar-refractivity contribution in [3.05, 3.63) is 36.6 Å². The van der Waals surface area contributed by atoms with Crippen LogP contribution in [0.5, 0.6) is 0 Å². The van der Waals surface area contributed by atoms with E-state index in [0.29, 0.717) is 5.95 Å². The Bertz CT molecular complexity index is 792. The van der Waals surface area contributed by atoms with Crippen LogP contribution in [0.25, 0.3) is 22.2 Å². The van der Waals surface area contributed by atoms with Gasteiger partial charge in [0.2, 0.25) is 5.95 Å². The fraction of sp³-hybridized carbons (Fsp3) is 0.294.